The minimum atomic E-state index is -0.176. The molecule has 0 aliphatic rings. The van der Waals surface area contributed by atoms with E-state index in [1.807, 2.05) is 54.6 Å². The molecular weight excluding hydrogens is 424 g/mol. The molecule has 4 nitrogen and oxygen atoms in total. The lowest BCUT2D eigenvalue weighted by atomic mass is 10.1. The number of Topliss-reactive ketones (excluding diaryl/α,β-unsaturated/α-hetero) is 1. The van der Waals surface area contributed by atoms with Gasteiger partial charge in [0.2, 0.25) is 5.78 Å². The zero-order valence-corrected chi connectivity index (χ0v) is 21.3. The fourth-order valence-electron chi connectivity index (χ4n) is 3.56. The molecule has 2 rings (SSSR count). The van der Waals surface area contributed by atoms with E-state index in [4.69, 9.17) is 14.2 Å². The molecule has 0 aliphatic carbocycles. The van der Waals surface area contributed by atoms with Crippen LogP contribution in [0.2, 0.25) is 0 Å². The Hall–Kier alpha value is -2.75. The summed E-state index contributed by atoms with van der Waals surface area (Å²) in [6.45, 7) is 8.16. The van der Waals surface area contributed by atoms with Crippen LogP contribution in [-0.4, -0.2) is 25.6 Å². The second-order valence-electron chi connectivity index (χ2n) is 8.55. The highest BCUT2D eigenvalue weighted by Crippen LogP contribution is 2.34. The molecule has 0 amide bonds. The number of unbranched alkanes of at least 4 members (excludes halogenated alkanes) is 6. The Morgan fingerprint density at radius 1 is 0.706 bits per heavy atom. The van der Waals surface area contributed by atoms with Crippen LogP contribution in [0.3, 0.4) is 0 Å². The summed E-state index contributed by atoms with van der Waals surface area (Å²) >= 11 is 0. The van der Waals surface area contributed by atoms with E-state index in [-0.39, 0.29) is 5.78 Å². The second kappa shape index (κ2) is 16.8. The molecule has 34 heavy (non-hydrogen) atoms. The van der Waals surface area contributed by atoms with E-state index in [0.29, 0.717) is 42.6 Å². The van der Waals surface area contributed by atoms with Gasteiger partial charge in [-0.15, -0.1) is 0 Å². The molecular formula is C30H42O4. The van der Waals surface area contributed by atoms with Crippen LogP contribution in [0.15, 0.2) is 54.3 Å². The Kier molecular flexibility index (Phi) is 13.6. The van der Waals surface area contributed by atoms with E-state index in [2.05, 4.69) is 20.8 Å². The first-order valence-corrected chi connectivity index (χ1v) is 13.0. The van der Waals surface area contributed by atoms with Crippen molar-refractivity contribution in [2.24, 2.45) is 0 Å². The highest BCUT2D eigenvalue weighted by Gasteiger charge is 2.22. The number of ketones is 1. The second-order valence-corrected chi connectivity index (χ2v) is 8.55. The van der Waals surface area contributed by atoms with Gasteiger partial charge < -0.3 is 14.2 Å². The van der Waals surface area contributed by atoms with Gasteiger partial charge in [0.1, 0.15) is 0 Å². The summed E-state index contributed by atoms with van der Waals surface area (Å²) in [7, 11) is 0. The van der Waals surface area contributed by atoms with Gasteiger partial charge in [0.15, 0.2) is 17.3 Å². The van der Waals surface area contributed by atoms with E-state index >= 15 is 0 Å². The number of allylic oxidation sites excluding steroid dienone is 1. The van der Waals surface area contributed by atoms with Gasteiger partial charge in [-0.2, -0.15) is 0 Å². The third-order valence-corrected chi connectivity index (χ3v) is 5.55. The van der Waals surface area contributed by atoms with Gasteiger partial charge in [0.05, 0.1) is 25.4 Å². The number of rotatable bonds is 18. The monoisotopic (exact) mass is 466 g/mol. The predicted octanol–water partition coefficient (Wildman–Crippen LogP) is 8.26. The average Bonchev–Trinajstić information content (AvgIpc) is 2.87. The van der Waals surface area contributed by atoms with Gasteiger partial charge in [-0.05, 0) is 43.0 Å². The summed E-state index contributed by atoms with van der Waals surface area (Å²) in [5, 5.41) is 0. The Balaban J connectivity index is 2.33. The maximum absolute atomic E-state index is 13.7. The van der Waals surface area contributed by atoms with E-state index in [1.165, 1.54) is 0 Å². The lowest BCUT2D eigenvalue weighted by Crippen LogP contribution is -2.12. The molecule has 0 fully saturated rings. The van der Waals surface area contributed by atoms with Crippen molar-refractivity contribution >= 4 is 11.9 Å². The molecule has 0 unspecified atom stereocenters. The highest BCUT2D eigenvalue weighted by molar-refractivity contribution is 6.12. The predicted molar refractivity (Wildman–Crippen MR) is 141 cm³/mol. The summed E-state index contributed by atoms with van der Waals surface area (Å²) in [4.78, 5) is 13.7. The smallest absolute Gasteiger partial charge is 0.231 e. The van der Waals surface area contributed by atoms with Crippen molar-refractivity contribution in [1.82, 2.24) is 0 Å². The van der Waals surface area contributed by atoms with Crippen molar-refractivity contribution in [1.29, 1.82) is 0 Å². The fraction of sp³-hybridized carbons (Fsp3) is 0.500. The van der Waals surface area contributed by atoms with Gasteiger partial charge in [-0.3, -0.25) is 4.79 Å². The number of benzene rings is 2. The van der Waals surface area contributed by atoms with Crippen LogP contribution >= 0.6 is 0 Å². The number of carbonyl (C=O) groups is 1. The van der Waals surface area contributed by atoms with Crippen molar-refractivity contribution in [3.05, 3.63) is 65.4 Å². The van der Waals surface area contributed by atoms with Crippen LogP contribution in [0.25, 0.3) is 6.08 Å². The zero-order valence-electron chi connectivity index (χ0n) is 21.3. The van der Waals surface area contributed by atoms with Crippen LogP contribution in [0, 0.1) is 0 Å². The average molecular weight is 467 g/mol. The Labute approximate surface area is 206 Å². The van der Waals surface area contributed by atoms with Crippen molar-refractivity contribution in [3.63, 3.8) is 0 Å². The van der Waals surface area contributed by atoms with E-state index in [0.717, 1.165) is 63.4 Å². The molecule has 0 heterocycles. The summed E-state index contributed by atoms with van der Waals surface area (Å²) in [5.41, 5.74) is 1.42. The van der Waals surface area contributed by atoms with Crippen LogP contribution in [0.1, 0.15) is 94.5 Å². The topological polar surface area (TPSA) is 44.8 Å². The van der Waals surface area contributed by atoms with E-state index in [9.17, 15) is 4.79 Å². The lowest BCUT2D eigenvalue weighted by molar-refractivity contribution is 0.0914. The summed E-state index contributed by atoms with van der Waals surface area (Å²) < 4.78 is 18.3. The molecule has 0 aromatic heterocycles. The van der Waals surface area contributed by atoms with Crippen molar-refractivity contribution in [2.75, 3.05) is 19.8 Å². The minimum Gasteiger partial charge on any atom is -0.490 e. The molecule has 186 valence electrons. The van der Waals surface area contributed by atoms with Crippen LogP contribution in [-0.2, 0) is 4.74 Å². The quantitative estimate of drug-likeness (QED) is 0.0960. The van der Waals surface area contributed by atoms with Crippen molar-refractivity contribution in [2.45, 2.75) is 78.6 Å². The summed E-state index contributed by atoms with van der Waals surface area (Å²) in [6, 6.07) is 15.4. The normalized spacial score (nSPS) is 11.3. The minimum absolute atomic E-state index is 0.176. The molecule has 0 bridgehead atoms. The Bertz CT molecular complexity index is 857. The SMILES string of the molecule is CCCCCO/C(=C\c1ccccc1)C(=O)c1cccc(OCCCCC)c1OCCCCC. The van der Waals surface area contributed by atoms with E-state index in [1.54, 1.807) is 0 Å². The van der Waals surface area contributed by atoms with Gasteiger partial charge in [-0.1, -0.05) is 95.7 Å². The third-order valence-electron chi connectivity index (χ3n) is 5.55. The maximum atomic E-state index is 13.7. The molecule has 2 aromatic rings. The van der Waals surface area contributed by atoms with Crippen LogP contribution < -0.4 is 9.47 Å². The molecule has 2 aromatic carbocycles. The van der Waals surface area contributed by atoms with Gasteiger partial charge in [0, 0.05) is 0 Å². The number of para-hydroxylation sites is 1. The van der Waals surface area contributed by atoms with Crippen LogP contribution in [0.5, 0.6) is 11.5 Å². The molecule has 0 saturated heterocycles. The third kappa shape index (κ3) is 9.62. The first-order valence-electron chi connectivity index (χ1n) is 13.0. The first-order chi connectivity index (χ1) is 16.7. The van der Waals surface area contributed by atoms with Gasteiger partial charge >= 0.3 is 0 Å². The van der Waals surface area contributed by atoms with Crippen LogP contribution in [0.4, 0.5) is 0 Å². The number of ether oxygens (including phenoxy) is 3. The first kappa shape index (κ1) is 27.5. The molecule has 0 atom stereocenters. The molecule has 0 N–H and O–H groups in total. The molecule has 4 heteroatoms. The summed E-state index contributed by atoms with van der Waals surface area (Å²) in [6.07, 6.45) is 11.3. The molecule has 0 radical (unpaired) electrons. The van der Waals surface area contributed by atoms with Gasteiger partial charge in [0.25, 0.3) is 0 Å². The van der Waals surface area contributed by atoms with Crippen molar-refractivity contribution in [3.8, 4) is 11.5 Å². The van der Waals surface area contributed by atoms with Crippen molar-refractivity contribution < 1.29 is 19.0 Å². The number of carbonyl (C=O) groups excluding carboxylic acids is 1. The maximum Gasteiger partial charge on any atom is 0.231 e. The number of hydrogen-bond acceptors (Lipinski definition) is 4. The lowest BCUT2D eigenvalue weighted by Gasteiger charge is -2.17. The largest absolute Gasteiger partial charge is 0.490 e. The Morgan fingerprint density at radius 2 is 1.32 bits per heavy atom. The zero-order chi connectivity index (χ0) is 24.4. The standard InChI is InChI=1S/C30H42O4/c1-4-7-13-21-32-27-20-16-19-26(30(27)34-23-15-9-6-3)29(31)28(33-22-14-8-5-2)24-25-17-11-10-12-18-25/h10-12,16-20,24H,4-9,13-15,21-23H2,1-3H3/b28-24-. The van der Waals surface area contributed by atoms with E-state index < -0.39 is 0 Å². The highest BCUT2D eigenvalue weighted by atomic mass is 16.5. The molecule has 0 spiro atoms. The Morgan fingerprint density at radius 3 is 1.97 bits per heavy atom. The fourth-order valence-corrected chi connectivity index (χ4v) is 3.56. The number of hydrogen-bond donors (Lipinski definition) is 0. The molecule has 0 aliphatic heterocycles. The summed E-state index contributed by atoms with van der Waals surface area (Å²) in [5.74, 6) is 1.31. The molecule has 0 saturated carbocycles. The van der Waals surface area contributed by atoms with Gasteiger partial charge in [-0.25, -0.2) is 0 Å².